The van der Waals surface area contributed by atoms with Crippen LogP contribution in [0.2, 0.25) is 0 Å². The molecule has 0 aliphatic heterocycles. The van der Waals surface area contributed by atoms with Gasteiger partial charge in [0.1, 0.15) is 5.75 Å². The monoisotopic (exact) mass is 305 g/mol. The Bertz CT molecular complexity index is 479. The Labute approximate surface area is 133 Å². The molecule has 0 radical (unpaired) electrons. The zero-order valence-corrected chi connectivity index (χ0v) is 13.9. The highest BCUT2D eigenvalue weighted by atomic mass is 16.5. The lowest BCUT2D eigenvalue weighted by Crippen LogP contribution is -2.04. The van der Waals surface area contributed by atoms with Crippen LogP contribution in [0.1, 0.15) is 52.0 Å². The maximum atomic E-state index is 11.2. The summed E-state index contributed by atoms with van der Waals surface area (Å²) in [6.45, 7) is 7.59. The molecule has 4 heteroatoms. The predicted octanol–water partition coefficient (Wildman–Crippen LogP) is 4.17. The number of carbonyl (C=O) groups excluding carboxylic acids is 1. The van der Waals surface area contributed by atoms with Crippen LogP contribution in [0, 0.1) is 0 Å². The molecule has 0 aromatic heterocycles. The fourth-order valence-electron chi connectivity index (χ4n) is 1.98. The van der Waals surface area contributed by atoms with Gasteiger partial charge < -0.3 is 9.47 Å². The van der Waals surface area contributed by atoms with Gasteiger partial charge in [-0.05, 0) is 46.1 Å². The van der Waals surface area contributed by atoms with Crippen molar-refractivity contribution < 1.29 is 14.3 Å². The van der Waals surface area contributed by atoms with Gasteiger partial charge in [0, 0.05) is 17.7 Å². The molecule has 0 amide bonds. The third-order valence-corrected chi connectivity index (χ3v) is 3.13. The molecule has 0 saturated heterocycles. The van der Waals surface area contributed by atoms with Crippen LogP contribution in [0.3, 0.4) is 0 Å². The van der Waals surface area contributed by atoms with Crippen LogP contribution >= 0.6 is 0 Å². The zero-order chi connectivity index (χ0) is 16.2. The summed E-state index contributed by atoms with van der Waals surface area (Å²) in [7, 11) is 0. The molecule has 0 fully saturated rings. The second-order valence-electron chi connectivity index (χ2n) is 5.34. The molecule has 0 saturated carbocycles. The van der Waals surface area contributed by atoms with Crippen molar-refractivity contribution in [2.45, 2.75) is 53.0 Å². The van der Waals surface area contributed by atoms with E-state index in [0.29, 0.717) is 26.2 Å². The lowest BCUT2D eigenvalue weighted by molar-refractivity contribution is -0.143. The molecule has 4 nitrogen and oxygen atoms in total. The molecule has 0 bridgehead atoms. The molecule has 0 atom stereocenters. The Hall–Kier alpha value is -1.84. The van der Waals surface area contributed by atoms with Crippen molar-refractivity contribution in [2.75, 3.05) is 13.2 Å². The molecule has 0 aliphatic rings. The van der Waals surface area contributed by atoms with Crippen LogP contribution in [0.4, 0.5) is 0 Å². The highest BCUT2D eigenvalue weighted by Crippen LogP contribution is 2.19. The fourth-order valence-corrected chi connectivity index (χ4v) is 1.98. The van der Waals surface area contributed by atoms with E-state index in [1.165, 1.54) is 0 Å². The SMILES string of the molecule is CCOC(=O)CCCCCOc1ccccc1CN=C(C)C. The van der Waals surface area contributed by atoms with Crippen molar-refractivity contribution in [2.24, 2.45) is 4.99 Å². The first kappa shape index (κ1) is 18.2. The predicted molar refractivity (Wildman–Crippen MR) is 89.5 cm³/mol. The smallest absolute Gasteiger partial charge is 0.305 e. The van der Waals surface area contributed by atoms with Gasteiger partial charge in [0.05, 0.1) is 19.8 Å². The molecule has 122 valence electrons. The number of benzene rings is 1. The van der Waals surface area contributed by atoms with Crippen molar-refractivity contribution in [1.82, 2.24) is 0 Å². The summed E-state index contributed by atoms with van der Waals surface area (Å²) in [4.78, 5) is 15.6. The largest absolute Gasteiger partial charge is 0.493 e. The Kier molecular flexibility index (Phi) is 8.96. The molecule has 0 N–H and O–H groups in total. The second-order valence-corrected chi connectivity index (χ2v) is 5.34. The Morgan fingerprint density at radius 3 is 2.64 bits per heavy atom. The van der Waals surface area contributed by atoms with E-state index in [9.17, 15) is 4.79 Å². The van der Waals surface area contributed by atoms with Gasteiger partial charge in [0.2, 0.25) is 0 Å². The summed E-state index contributed by atoms with van der Waals surface area (Å²) in [6, 6.07) is 8.00. The lowest BCUT2D eigenvalue weighted by atomic mass is 10.2. The van der Waals surface area contributed by atoms with Gasteiger partial charge in [0.25, 0.3) is 0 Å². The minimum absolute atomic E-state index is 0.110. The number of esters is 1. The van der Waals surface area contributed by atoms with Gasteiger partial charge in [-0.3, -0.25) is 9.79 Å². The molecule has 0 unspecified atom stereocenters. The van der Waals surface area contributed by atoms with E-state index < -0.39 is 0 Å². The number of aliphatic imine (C=N–C) groups is 1. The van der Waals surface area contributed by atoms with E-state index >= 15 is 0 Å². The summed E-state index contributed by atoms with van der Waals surface area (Å²) >= 11 is 0. The van der Waals surface area contributed by atoms with Crippen molar-refractivity contribution in [3.8, 4) is 5.75 Å². The van der Waals surface area contributed by atoms with Crippen molar-refractivity contribution in [1.29, 1.82) is 0 Å². The molecule has 22 heavy (non-hydrogen) atoms. The molecule has 0 aliphatic carbocycles. The first-order valence-corrected chi connectivity index (χ1v) is 7.97. The lowest BCUT2D eigenvalue weighted by Gasteiger charge is -2.10. The maximum Gasteiger partial charge on any atom is 0.305 e. The van der Waals surface area contributed by atoms with E-state index in [1.54, 1.807) is 0 Å². The highest BCUT2D eigenvalue weighted by molar-refractivity contribution is 5.79. The molecular formula is C18H27NO3. The van der Waals surface area contributed by atoms with Crippen LogP contribution in [-0.4, -0.2) is 24.9 Å². The number of nitrogens with zero attached hydrogens (tertiary/aromatic N) is 1. The Balaban J connectivity index is 2.27. The number of unbranched alkanes of at least 4 members (excludes halogenated alkanes) is 2. The van der Waals surface area contributed by atoms with Crippen molar-refractivity contribution in [3.05, 3.63) is 29.8 Å². The van der Waals surface area contributed by atoms with E-state index in [-0.39, 0.29) is 5.97 Å². The number of para-hydroxylation sites is 1. The average molecular weight is 305 g/mol. The number of hydrogen-bond donors (Lipinski definition) is 0. The van der Waals surface area contributed by atoms with E-state index in [0.717, 1.165) is 36.3 Å². The van der Waals surface area contributed by atoms with E-state index in [4.69, 9.17) is 9.47 Å². The third kappa shape index (κ3) is 7.81. The second kappa shape index (κ2) is 10.8. The first-order valence-electron chi connectivity index (χ1n) is 7.97. The molecule has 1 aromatic rings. The average Bonchev–Trinajstić information content (AvgIpc) is 2.49. The minimum Gasteiger partial charge on any atom is -0.493 e. The molecule has 1 rings (SSSR count). The number of hydrogen-bond acceptors (Lipinski definition) is 4. The maximum absolute atomic E-state index is 11.2. The quantitative estimate of drug-likeness (QED) is 0.370. The van der Waals surface area contributed by atoms with Crippen molar-refractivity contribution >= 4 is 11.7 Å². The Morgan fingerprint density at radius 2 is 1.91 bits per heavy atom. The summed E-state index contributed by atoms with van der Waals surface area (Å²) < 4.78 is 10.7. The van der Waals surface area contributed by atoms with Crippen LogP contribution in [0.25, 0.3) is 0 Å². The summed E-state index contributed by atoms with van der Waals surface area (Å²) in [5, 5.41) is 0. The van der Waals surface area contributed by atoms with Crippen LogP contribution in [0.5, 0.6) is 5.75 Å². The van der Waals surface area contributed by atoms with E-state index in [2.05, 4.69) is 4.99 Å². The molecule has 0 heterocycles. The summed E-state index contributed by atoms with van der Waals surface area (Å²) in [5.41, 5.74) is 2.17. The van der Waals surface area contributed by atoms with Gasteiger partial charge in [0.15, 0.2) is 0 Å². The number of carbonyl (C=O) groups is 1. The van der Waals surface area contributed by atoms with Crippen molar-refractivity contribution in [3.63, 3.8) is 0 Å². The van der Waals surface area contributed by atoms with Gasteiger partial charge in [-0.2, -0.15) is 0 Å². The molecule has 0 spiro atoms. The first-order chi connectivity index (χ1) is 10.6. The van der Waals surface area contributed by atoms with Crippen LogP contribution in [-0.2, 0) is 16.1 Å². The molecule has 1 aromatic carbocycles. The van der Waals surface area contributed by atoms with Gasteiger partial charge in [-0.15, -0.1) is 0 Å². The van der Waals surface area contributed by atoms with E-state index in [1.807, 2.05) is 45.0 Å². The Morgan fingerprint density at radius 1 is 1.14 bits per heavy atom. The third-order valence-electron chi connectivity index (χ3n) is 3.13. The van der Waals surface area contributed by atoms with Crippen LogP contribution < -0.4 is 4.74 Å². The standard InChI is InChI=1S/C18H27NO3/c1-4-21-18(20)12-6-5-9-13-22-17-11-8-7-10-16(17)14-19-15(2)3/h7-8,10-11H,4-6,9,12-14H2,1-3H3. The van der Waals surface area contributed by atoms with Gasteiger partial charge in [-0.25, -0.2) is 0 Å². The number of rotatable bonds is 10. The minimum atomic E-state index is -0.110. The fraction of sp³-hybridized carbons (Fsp3) is 0.556. The highest BCUT2D eigenvalue weighted by Gasteiger charge is 2.03. The number of ether oxygens (including phenoxy) is 2. The van der Waals surface area contributed by atoms with Gasteiger partial charge in [-0.1, -0.05) is 18.2 Å². The zero-order valence-electron chi connectivity index (χ0n) is 13.9. The topological polar surface area (TPSA) is 47.9 Å². The summed E-state index contributed by atoms with van der Waals surface area (Å²) in [5.74, 6) is 0.791. The molecular weight excluding hydrogens is 278 g/mol. The summed E-state index contributed by atoms with van der Waals surface area (Å²) in [6.07, 6.45) is 3.25. The normalized spacial score (nSPS) is 10.1. The van der Waals surface area contributed by atoms with Gasteiger partial charge >= 0.3 is 5.97 Å². The van der Waals surface area contributed by atoms with Crippen LogP contribution in [0.15, 0.2) is 29.3 Å².